The van der Waals surface area contributed by atoms with Crippen LogP contribution in [0.25, 0.3) is 0 Å². The second-order valence-corrected chi connectivity index (χ2v) is 5.83. The van der Waals surface area contributed by atoms with Crippen molar-refractivity contribution in [3.8, 4) is 6.07 Å². The third-order valence-electron chi connectivity index (χ3n) is 3.49. The van der Waals surface area contributed by atoms with Gasteiger partial charge < -0.3 is 4.90 Å². The van der Waals surface area contributed by atoms with Crippen molar-refractivity contribution in [1.29, 1.82) is 5.26 Å². The number of halogens is 1. The molecule has 0 spiro atoms. The van der Waals surface area contributed by atoms with Crippen LogP contribution in [-0.4, -0.2) is 33.0 Å². The molecule has 0 aliphatic carbocycles. The Labute approximate surface area is 131 Å². The molecule has 2 aromatic heterocycles. The van der Waals surface area contributed by atoms with Gasteiger partial charge in [0.2, 0.25) is 0 Å². The van der Waals surface area contributed by atoms with Crippen LogP contribution in [0.2, 0.25) is 0 Å². The molecule has 7 heteroatoms. The Balaban J connectivity index is 1.79. The Bertz CT molecular complexity index is 666. The maximum Gasteiger partial charge on any atom is 0.161 e. The quantitative estimate of drug-likeness (QED) is 0.831. The van der Waals surface area contributed by atoms with E-state index >= 15 is 0 Å². The lowest BCUT2D eigenvalue weighted by molar-refractivity contribution is 0.488. The van der Waals surface area contributed by atoms with E-state index in [4.69, 9.17) is 5.26 Å². The van der Waals surface area contributed by atoms with Crippen LogP contribution < -0.4 is 4.90 Å². The number of anilines is 1. The van der Waals surface area contributed by atoms with Gasteiger partial charge in [-0.25, -0.2) is 15.0 Å². The molecule has 21 heavy (non-hydrogen) atoms. The van der Waals surface area contributed by atoms with Crippen molar-refractivity contribution in [1.82, 2.24) is 19.9 Å². The highest BCUT2D eigenvalue weighted by molar-refractivity contribution is 9.10. The minimum absolute atomic E-state index is 0.277. The Hall–Kier alpha value is -2.07. The SMILES string of the molecule is N#Cc1cncc(N2CCCC(c3ncc(Br)cn3)C2)n1. The molecule has 0 amide bonds. The van der Waals surface area contributed by atoms with Crippen LogP contribution in [0.3, 0.4) is 0 Å². The van der Waals surface area contributed by atoms with Crippen LogP contribution in [0.4, 0.5) is 5.82 Å². The van der Waals surface area contributed by atoms with Crippen LogP contribution in [-0.2, 0) is 0 Å². The number of rotatable bonds is 2. The fourth-order valence-corrected chi connectivity index (χ4v) is 2.70. The summed E-state index contributed by atoms with van der Waals surface area (Å²) in [7, 11) is 0. The van der Waals surface area contributed by atoms with E-state index < -0.39 is 0 Å². The van der Waals surface area contributed by atoms with E-state index in [2.05, 4.69) is 40.8 Å². The highest BCUT2D eigenvalue weighted by Crippen LogP contribution is 2.27. The zero-order chi connectivity index (χ0) is 14.7. The first-order valence-electron chi connectivity index (χ1n) is 6.71. The van der Waals surface area contributed by atoms with Gasteiger partial charge in [0, 0.05) is 31.4 Å². The van der Waals surface area contributed by atoms with E-state index in [1.807, 2.05) is 6.07 Å². The predicted octanol–water partition coefficient (Wildman–Crippen LogP) is 2.28. The van der Waals surface area contributed by atoms with Gasteiger partial charge in [-0.05, 0) is 28.8 Å². The molecule has 2 aromatic rings. The molecule has 1 aliphatic heterocycles. The first-order chi connectivity index (χ1) is 10.3. The molecular formula is C14H13BrN6. The van der Waals surface area contributed by atoms with Gasteiger partial charge in [-0.2, -0.15) is 5.26 Å². The zero-order valence-electron chi connectivity index (χ0n) is 11.3. The number of nitrogens with zero attached hydrogens (tertiary/aromatic N) is 6. The molecule has 3 rings (SSSR count). The molecule has 0 N–H and O–H groups in total. The molecule has 1 unspecified atom stereocenters. The molecule has 6 nitrogen and oxygen atoms in total. The molecule has 0 bridgehead atoms. The van der Waals surface area contributed by atoms with Gasteiger partial charge in [0.15, 0.2) is 5.69 Å². The Morgan fingerprint density at radius 1 is 1.24 bits per heavy atom. The minimum Gasteiger partial charge on any atom is -0.355 e. The standard InChI is InChI=1S/C14H13BrN6/c15-11-5-18-14(19-6-11)10-2-1-3-21(9-10)13-8-17-7-12(4-16)20-13/h5-8,10H,1-3,9H2. The summed E-state index contributed by atoms with van der Waals surface area (Å²) in [6.07, 6.45) is 8.83. The minimum atomic E-state index is 0.277. The third kappa shape index (κ3) is 3.16. The summed E-state index contributed by atoms with van der Waals surface area (Å²) in [5.41, 5.74) is 0.342. The molecule has 3 heterocycles. The van der Waals surface area contributed by atoms with Gasteiger partial charge in [0.05, 0.1) is 16.9 Å². The monoisotopic (exact) mass is 344 g/mol. The van der Waals surface area contributed by atoms with Crippen molar-refractivity contribution < 1.29 is 0 Å². The molecule has 1 fully saturated rings. The van der Waals surface area contributed by atoms with E-state index in [9.17, 15) is 0 Å². The third-order valence-corrected chi connectivity index (χ3v) is 3.90. The van der Waals surface area contributed by atoms with E-state index in [0.29, 0.717) is 5.69 Å². The Morgan fingerprint density at radius 3 is 2.81 bits per heavy atom. The average Bonchev–Trinajstić information content (AvgIpc) is 2.56. The first kappa shape index (κ1) is 13.9. The molecule has 1 atom stereocenters. The first-order valence-corrected chi connectivity index (χ1v) is 7.50. The van der Waals surface area contributed by atoms with Gasteiger partial charge in [-0.15, -0.1) is 0 Å². The highest BCUT2D eigenvalue weighted by atomic mass is 79.9. The average molecular weight is 345 g/mol. The zero-order valence-corrected chi connectivity index (χ0v) is 12.9. The molecule has 0 aromatic carbocycles. The lowest BCUT2D eigenvalue weighted by Crippen LogP contribution is -2.35. The van der Waals surface area contributed by atoms with Crippen molar-refractivity contribution in [3.63, 3.8) is 0 Å². The second kappa shape index (κ2) is 6.14. The molecule has 0 saturated carbocycles. The molecule has 1 aliphatic rings. The molecule has 0 radical (unpaired) electrons. The fourth-order valence-electron chi connectivity index (χ4n) is 2.49. The van der Waals surface area contributed by atoms with Gasteiger partial charge in [0.25, 0.3) is 0 Å². The Morgan fingerprint density at radius 2 is 2.05 bits per heavy atom. The van der Waals surface area contributed by atoms with Crippen LogP contribution in [0, 0.1) is 11.3 Å². The number of nitriles is 1. The van der Waals surface area contributed by atoms with E-state index in [0.717, 1.165) is 42.0 Å². The van der Waals surface area contributed by atoms with Crippen molar-refractivity contribution in [3.05, 3.63) is 40.8 Å². The number of piperidine rings is 1. The number of aromatic nitrogens is 4. The van der Waals surface area contributed by atoms with Gasteiger partial charge in [0.1, 0.15) is 17.7 Å². The summed E-state index contributed by atoms with van der Waals surface area (Å²) >= 11 is 3.35. The fraction of sp³-hybridized carbons (Fsp3) is 0.357. The summed E-state index contributed by atoms with van der Waals surface area (Å²) in [5, 5.41) is 8.92. The normalized spacial score (nSPS) is 18.3. The van der Waals surface area contributed by atoms with Gasteiger partial charge in [-0.3, -0.25) is 4.98 Å². The van der Waals surface area contributed by atoms with Crippen molar-refractivity contribution in [2.45, 2.75) is 18.8 Å². The predicted molar refractivity (Wildman–Crippen MR) is 80.7 cm³/mol. The van der Waals surface area contributed by atoms with E-state index in [-0.39, 0.29) is 5.92 Å². The summed E-state index contributed by atoms with van der Waals surface area (Å²) in [6.45, 7) is 1.71. The lowest BCUT2D eigenvalue weighted by Gasteiger charge is -2.32. The maximum atomic E-state index is 8.92. The van der Waals surface area contributed by atoms with E-state index in [1.54, 1.807) is 18.6 Å². The molecule has 106 valence electrons. The number of hydrogen-bond acceptors (Lipinski definition) is 6. The van der Waals surface area contributed by atoms with Gasteiger partial charge >= 0.3 is 0 Å². The molecular weight excluding hydrogens is 332 g/mol. The summed E-state index contributed by atoms with van der Waals surface area (Å²) in [5.74, 6) is 1.88. The topological polar surface area (TPSA) is 78.6 Å². The lowest BCUT2D eigenvalue weighted by atomic mass is 9.97. The van der Waals surface area contributed by atoms with E-state index in [1.165, 1.54) is 6.20 Å². The Kier molecular flexibility index (Phi) is 4.06. The maximum absolute atomic E-state index is 8.92. The summed E-state index contributed by atoms with van der Waals surface area (Å²) < 4.78 is 0.881. The smallest absolute Gasteiger partial charge is 0.161 e. The highest BCUT2D eigenvalue weighted by Gasteiger charge is 2.24. The van der Waals surface area contributed by atoms with Crippen LogP contribution in [0.1, 0.15) is 30.3 Å². The van der Waals surface area contributed by atoms with Crippen molar-refractivity contribution in [2.75, 3.05) is 18.0 Å². The van der Waals surface area contributed by atoms with Crippen LogP contribution >= 0.6 is 15.9 Å². The van der Waals surface area contributed by atoms with Crippen LogP contribution in [0.5, 0.6) is 0 Å². The largest absolute Gasteiger partial charge is 0.355 e. The summed E-state index contributed by atoms with van der Waals surface area (Å²) in [4.78, 5) is 19.3. The summed E-state index contributed by atoms with van der Waals surface area (Å²) in [6, 6.07) is 2.03. The second-order valence-electron chi connectivity index (χ2n) is 4.92. The number of hydrogen-bond donors (Lipinski definition) is 0. The molecule has 1 saturated heterocycles. The van der Waals surface area contributed by atoms with Crippen molar-refractivity contribution >= 4 is 21.7 Å². The van der Waals surface area contributed by atoms with Crippen LogP contribution in [0.15, 0.2) is 29.3 Å². The van der Waals surface area contributed by atoms with Crippen molar-refractivity contribution in [2.24, 2.45) is 0 Å². The van der Waals surface area contributed by atoms with Gasteiger partial charge in [-0.1, -0.05) is 0 Å².